The number of hydrogen-bond acceptors (Lipinski definition) is 0. The average molecular weight is 259 g/mol. The van der Waals surface area contributed by atoms with Crippen LogP contribution in [0.25, 0.3) is 10.1 Å². The van der Waals surface area contributed by atoms with E-state index in [2.05, 4.69) is 0 Å². The molecule has 0 aliphatic rings. The lowest BCUT2D eigenvalue weighted by Crippen LogP contribution is -1.96. The molecule has 0 aliphatic carbocycles. The topological polar surface area (TPSA) is 0 Å². The van der Waals surface area contributed by atoms with Gasteiger partial charge in [0.2, 0.25) is 0 Å². The lowest BCUT2D eigenvalue weighted by molar-refractivity contribution is -0.0867. The average Bonchev–Trinajstić information content (AvgIpc) is 2.53. The molecule has 0 nitrogen and oxygen atoms in total. The molecule has 0 aliphatic heterocycles. The van der Waals surface area contributed by atoms with Crippen LogP contribution in [0.15, 0.2) is 24.3 Å². The van der Waals surface area contributed by atoms with E-state index in [1.54, 1.807) is 19.1 Å². The van der Waals surface area contributed by atoms with Gasteiger partial charge in [-0.1, -0.05) is 19.4 Å². The Balaban J connectivity index is 2.65. The van der Waals surface area contributed by atoms with Gasteiger partial charge in [0, 0.05) is 24.4 Å². The zero-order valence-corrected chi connectivity index (χ0v) is 10.6. The lowest BCUT2D eigenvalue weighted by atomic mass is 10.1. The highest BCUT2D eigenvalue weighted by atomic mass is 32.2. The summed E-state index contributed by atoms with van der Waals surface area (Å²) in [5.41, 5.74) is -3.16. The number of hydrogen-bond donors (Lipinski definition) is 0. The first-order chi connectivity index (χ1) is 7.93. The molecule has 2 aromatic rings. The number of halogens is 3. The van der Waals surface area contributed by atoms with Crippen LogP contribution in [0.5, 0.6) is 0 Å². The van der Waals surface area contributed by atoms with Crippen LogP contribution in [0.3, 0.4) is 0 Å². The predicted octanol–water partition coefficient (Wildman–Crippen LogP) is 5.33. The Hall–Kier alpha value is -1.03. The summed E-state index contributed by atoms with van der Waals surface area (Å²) in [5.74, 6) is 0. The summed E-state index contributed by atoms with van der Waals surface area (Å²) in [4.78, 5) is 0.418. The third kappa shape index (κ3) is 2.32. The van der Waals surface area contributed by atoms with Crippen LogP contribution in [0, 0.1) is 6.92 Å². The van der Waals surface area contributed by atoms with Crippen molar-refractivity contribution in [2.45, 2.75) is 32.2 Å². The van der Waals surface area contributed by atoms with Crippen LogP contribution < -0.4 is 0 Å². The summed E-state index contributed by atoms with van der Waals surface area (Å²) >= 11 is 0. The minimum Gasteiger partial charge on any atom is -0.118 e. The van der Waals surface area contributed by atoms with Crippen LogP contribution >= 0.6 is 10.5 Å². The van der Waals surface area contributed by atoms with Gasteiger partial charge in [0.25, 0.3) is 0 Å². The van der Waals surface area contributed by atoms with Crippen molar-refractivity contribution < 1.29 is 13.2 Å². The fourth-order valence-electron chi connectivity index (χ4n) is 2.08. The fraction of sp³-hybridized carbons (Fsp3) is 0.385. The second-order valence-corrected chi connectivity index (χ2v) is 6.29. The molecular weight excluding hydrogens is 245 g/mol. The van der Waals surface area contributed by atoms with Gasteiger partial charge in [0.1, 0.15) is 0 Å². The van der Waals surface area contributed by atoms with Crippen molar-refractivity contribution in [2.24, 2.45) is 0 Å². The molecule has 0 N–H and O–H groups in total. The summed E-state index contributed by atoms with van der Waals surface area (Å²) in [7, 11) is -1.72. The van der Waals surface area contributed by atoms with Gasteiger partial charge in [-0.05, 0) is 18.1 Å². The second-order valence-electron chi connectivity index (χ2n) is 4.13. The van der Waals surface area contributed by atoms with E-state index in [9.17, 15) is 13.2 Å². The van der Waals surface area contributed by atoms with E-state index < -0.39 is 16.0 Å². The van der Waals surface area contributed by atoms with E-state index in [0.717, 1.165) is 23.8 Å². The lowest BCUT2D eigenvalue weighted by Gasteiger charge is -1.99. The zero-order valence-electron chi connectivity index (χ0n) is 9.77. The highest BCUT2D eigenvalue weighted by Crippen LogP contribution is 2.50. The van der Waals surface area contributed by atoms with Crippen LogP contribution in [0.4, 0.5) is 13.2 Å². The Bertz CT molecular complexity index is 537. The molecule has 1 aromatic heterocycles. The third-order valence-corrected chi connectivity index (χ3v) is 4.77. The monoisotopic (exact) mass is 259 g/mol. The third-order valence-electron chi connectivity index (χ3n) is 2.75. The SMILES string of the molecule is CCCc1ccc2cc(C)[s+](C(F)(F)F)c2c1. The summed E-state index contributed by atoms with van der Waals surface area (Å²) in [6, 6.07) is 7.11. The van der Waals surface area contributed by atoms with Crippen molar-refractivity contribution in [3.05, 3.63) is 34.7 Å². The Morgan fingerprint density at radius 2 is 1.88 bits per heavy atom. The Morgan fingerprint density at radius 1 is 1.18 bits per heavy atom. The molecule has 0 saturated heterocycles. The second kappa shape index (κ2) is 4.33. The van der Waals surface area contributed by atoms with Gasteiger partial charge in [-0.15, -0.1) is 13.2 Å². The summed E-state index contributed by atoms with van der Waals surface area (Å²) in [6.45, 7) is 3.59. The molecule has 1 unspecified atom stereocenters. The zero-order chi connectivity index (χ0) is 12.6. The van der Waals surface area contributed by atoms with E-state index in [0.29, 0.717) is 9.58 Å². The smallest absolute Gasteiger partial charge is 0.118 e. The minimum absolute atomic E-state index is 0.418. The molecule has 0 bridgehead atoms. The largest absolute Gasteiger partial charge is 0.600 e. The van der Waals surface area contributed by atoms with Crippen molar-refractivity contribution in [3.8, 4) is 0 Å². The van der Waals surface area contributed by atoms with Crippen LogP contribution in [0.2, 0.25) is 0 Å². The molecule has 0 saturated carbocycles. The number of thiophene rings is 1. The van der Waals surface area contributed by atoms with Crippen molar-refractivity contribution in [3.63, 3.8) is 0 Å². The Morgan fingerprint density at radius 3 is 2.47 bits per heavy atom. The van der Waals surface area contributed by atoms with E-state index in [-0.39, 0.29) is 0 Å². The molecule has 2 rings (SSSR count). The van der Waals surface area contributed by atoms with E-state index >= 15 is 0 Å². The van der Waals surface area contributed by atoms with Gasteiger partial charge in [-0.2, -0.15) is 0 Å². The first-order valence-electron chi connectivity index (χ1n) is 5.56. The number of alkyl halides is 3. The fourth-order valence-corrected chi connectivity index (χ4v) is 3.92. The first-order valence-corrected chi connectivity index (χ1v) is 6.78. The van der Waals surface area contributed by atoms with Gasteiger partial charge >= 0.3 is 5.51 Å². The maximum atomic E-state index is 13.0. The van der Waals surface area contributed by atoms with Crippen LogP contribution in [0.1, 0.15) is 23.8 Å². The summed E-state index contributed by atoms with van der Waals surface area (Å²) < 4.78 is 39.4. The van der Waals surface area contributed by atoms with E-state index in [1.165, 1.54) is 0 Å². The molecule has 1 heterocycles. The maximum Gasteiger partial charge on any atom is 0.600 e. The molecule has 17 heavy (non-hydrogen) atoms. The normalized spacial score (nSPS) is 13.4. The molecular formula is C13H14F3S+. The quantitative estimate of drug-likeness (QED) is 0.640. The van der Waals surface area contributed by atoms with E-state index in [4.69, 9.17) is 0 Å². The molecule has 0 fully saturated rings. The minimum atomic E-state index is -4.16. The Kier molecular flexibility index (Phi) is 3.17. The predicted molar refractivity (Wildman–Crippen MR) is 66.5 cm³/mol. The van der Waals surface area contributed by atoms with Crippen molar-refractivity contribution in [1.29, 1.82) is 0 Å². The number of aryl methyl sites for hydroxylation is 2. The number of rotatable bonds is 2. The standard InChI is InChI=1S/C13H14F3S/c1-3-4-10-5-6-11-7-9(2)17(12(11)8-10)13(14,15)16/h5-8H,3-4H2,1-2H3/q+1. The molecule has 1 aromatic carbocycles. The number of benzene rings is 1. The molecule has 0 radical (unpaired) electrons. The van der Waals surface area contributed by atoms with Crippen molar-refractivity contribution in [2.75, 3.05) is 0 Å². The van der Waals surface area contributed by atoms with Gasteiger partial charge in [-0.25, -0.2) is 0 Å². The molecule has 4 heteroatoms. The molecule has 0 amide bonds. The summed E-state index contributed by atoms with van der Waals surface area (Å²) in [5, 5.41) is 0.725. The van der Waals surface area contributed by atoms with Gasteiger partial charge in [-0.3, -0.25) is 0 Å². The molecule has 0 spiro atoms. The van der Waals surface area contributed by atoms with Crippen molar-refractivity contribution >= 4 is 20.6 Å². The van der Waals surface area contributed by atoms with Gasteiger partial charge < -0.3 is 0 Å². The summed E-state index contributed by atoms with van der Waals surface area (Å²) in [6.07, 6.45) is 1.78. The van der Waals surface area contributed by atoms with Gasteiger partial charge in [0.05, 0.1) is 10.5 Å². The van der Waals surface area contributed by atoms with Crippen LogP contribution in [-0.2, 0) is 11.9 Å². The first kappa shape index (κ1) is 12.4. The maximum absolute atomic E-state index is 13.0. The Labute approximate surface area is 101 Å². The highest BCUT2D eigenvalue weighted by molar-refractivity contribution is 7.38. The molecule has 1 atom stereocenters. The number of fused-ring (bicyclic) bond motifs is 1. The highest BCUT2D eigenvalue weighted by Gasteiger charge is 2.46. The van der Waals surface area contributed by atoms with Crippen molar-refractivity contribution in [1.82, 2.24) is 0 Å². The van der Waals surface area contributed by atoms with Crippen LogP contribution in [-0.4, -0.2) is 0 Å². The molecule has 92 valence electrons. The van der Waals surface area contributed by atoms with E-state index in [1.807, 2.05) is 19.1 Å². The van der Waals surface area contributed by atoms with Gasteiger partial charge in [0.15, 0.2) is 9.58 Å².